The van der Waals surface area contributed by atoms with Crippen molar-refractivity contribution in [3.8, 4) is 0 Å². The van der Waals surface area contributed by atoms with Gasteiger partial charge in [0.1, 0.15) is 4.90 Å². The predicted molar refractivity (Wildman–Crippen MR) is 87.2 cm³/mol. The monoisotopic (exact) mass is 325 g/mol. The predicted octanol–water partition coefficient (Wildman–Crippen LogP) is 2.27. The molecule has 0 saturated heterocycles. The third kappa shape index (κ3) is 3.81. The van der Waals surface area contributed by atoms with Crippen molar-refractivity contribution in [2.75, 3.05) is 18.0 Å². The van der Waals surface area contributed by atoms with Gasteiger partial charge in [0.15, 0.2) is 0 Å². The molecule has 0 radical (unpaired) electrons. The molecule has 0 aliphatic rings. The summed E-state index contributed by atoms with van der Waals surface area (Å²) in [6, 6.07) is 8.98. The van der Waals surface area contributed by atoms with Crippen LogP contribution < -0.4 is 10.0 Å². The fourth-order valence-corrected chi connectivity index (χ4v) is 3.51. The van der Waals surface area contributed by atoms with Crippen LogP contribution in [0.4, 0.5) is 5.69 Å². The third-order valence-electron chi connectivity index (χ3n) is 3.09. The minimum Gasteiger partial charge on any atom is -0.352 e. The number of benzene rings is 1. The number of thioether (sulfide) groups is 1. The first kappa shape index (κ1) is 15.9. The fourth-order valence-electron chi connectivity index (χ4n) is 1.95. The summed E-state index contributed by atoms with van der Waals surface area (Å²) in [5.41, 5.74) is 1.47. The van der Waals surface area contributed by atoms with Crippen molar-refractivity contribution >= 4 is 27.5 Å². The van der Waals surface area contributed by atoms with E-state index in [2.05, 4.69) is 10.0 Å². The quantitative estimate of drug-likeness (QED) is 0.800. The van der Waals surface area contributed by atoms with Gasteiger partial charge in [0.05, 0.1) is 0 Å². The average molecular weight is 325 g/mol. The molecule has 0 fully saturated rings. The van der Waals surface area contributed by atoms with E-state index in [-0.39, 0.29) is 4.90 Å². The van der Waals surface area contributed by atoms with Crippen LogP contribution in [0.1, 0.15) is 5.69 Å². The minimum atomic E-state index is -3.56. The molecule has 5 nitrogen and oxygen atoms in total. The number of hydrogen-bond acceptors (Lipinski definition) is 4. The number of nitrogens with one attached hydrogen (secondary N) is 2. The highest BCUT2D eigenvalue weighted by Gasteiger charge is 2.17. The second-order valence-corrected chi connectivity index (χ2v) is 7.20. The van der Waals surface area contributed by atoms with Crippen LogP contribution in [0.3, 0.4) is 0 Å². The second kappa shape index (κ2) is 6.55. The van der Waals surface area contributed by atoms with E-state index in [9.17, 15) is 8.42 Å². The molecule has 0 amide bonds. The van der Waals surface area contributed by atoms with Gasteiger partial charge in [-0.25, -0.2) is 8.42 Å². The molecule has 0 bridgehead atoms. The largest absolute Gasteiger partial charge is 0.352 e. The van der Waals surface area contributed by atoms with Crippen LogP contribution in [0, 0.1) is 0 Å². The minimum absolute atomic E-state index is 0.268. The molecule has 0 aliphatic carbocycles. The number of nitrogens with zero attached hydrogens (tertiary/aromatic N) is 1. The van der Waals surface area contributed by atoms with Gasteiger partial charge in [-0.3, -0.25) is 4.72 Å². The second-order valence-electron chi connectivity index (χ2n) is 4.64. The van der Waals surface area contributed by atoms with E-state index in [0.29, 0.717) is 12.2 Å². The van der Waals surface area contributed by atoms with Crippen molar-refractivity contribution in [3.05, 3.63) is 42.2 Å². The highest BCUT2D eigenvalue weighted by atomic mass is 32.2. The summed E-state index contributed by atoms with van der Waals surface area (Å²) in [7, 11) is 0.100. The van der Waals surface area contributed by atoms with E-state index in [1.54, 1.807) is 36.2 Å². The molecule has 0 atom stereocenters. The Morgan fingerprint density at radius 2 is 1.90 bits per heavy atom. The van der Waals surface area contributed by atoms with Gasteiger partial charge in [0.2, 0.25) is 0 Å². The van der Waals surface area contributed by atoms with Crippen LogP contribution in [0.25, 0.3) is 0 Å². The molecule has 7 heteroatoms. The van der Waals surface area contributed by atoms with E-state index in [4.69, 9.17) is 0 Å². The summed E-state index contributed by atoms with van der Waals surface area (Å²) in [5, 5.41) is 3.01. The van der Waals surface area contributed by atoms with E-state index in [0.717, 1.165) is 10.6 Å². The summed E-state index contributed by atoms with van der Waals surface area (Å²) >= 11 is 1.62. The first-order valence-electron chi connectivity index (χ1n) is 6.43. The van der Waals surface area contributed by atoms with Crippen molar-refractivity contribution in [3.63, 3.8) is 0 Å². The van der Waals surface area contributed by atoms with E-state index in [1.807, 2.05) is 37.1 Å². The van der Waals surface area contributed by atoms with Gasteiger partial charge in [-0.15, -0.1) is 11.8 Å². The molecular weight excluding hydrogens is 306 g/mol. The highest BCUT2D eigenvalue weighted by Crippen LogP contribution is 2.21. The van der Waals surface area contributed by atoms with Crippen LogP contribution >= 0.6 is 11.8 Å². The Bertz CT molecular complexity index is 706. The maximum Gasteiger partial charge on any atom is 0.263 e. The first-order chi connectivity index (χ1) is 9.96. The van der Waals surface area contributed by atoms with Crippen molar-refractivity contribution in [2.24, 2.45) is 7.05 Å². The SMILES string of the molecule is CNCc1cc(S(=O)(=O)Nc2ccc(SC)cc2)cn1C. The Hall–Kier alpha value is -1.44. The normalized spacial score (nSPS) is 11.6. The van der Waals surface area contributed by atoms with Crippen molar-refractivity contribution in [1.29, 1.82) is 0 Å². The first-order valence-corrected chi connectivity index (χ1v) is 9.14. The van der Waals surface area contributed by atoms with Crippen LogP contribution in [0.2, 0.25) is 0 Å². The summed E-state index contributed by atoms with van der Waals surface area (Å²) < 4.78 is 29.2. The molecule has 0 saturated carbocycles. The van der Waals surface area contributed by atoms with Gasteiger partial charge >= 0.3 is 0 Å². The lowest BCUT2D eigenvalue weighted by molar-refractivity contribution is 0.601. The molecule has 2 N–H and O–H groups in total. The smallest absolute Gasteiger partial charge is 0.263 e. The van der Waals surface area contributed by atoms with Crippen molar-refractivity contribution < 1.29 is 8.42 Å². The molecule has 1 aromatic heterocycles. The lowest BCUT2D eigenvalue weighted by Crippen LogP contribution is -2.12. The van der Waals surface area contributed by atoms with Gasteiger partial charge in [-0.2, -0.15) is 0 Å². The zero-order chi connectivity index (χ0) is 15.5. The Kier molecular flexibility index (Phi) is 4.97. The molecule has 2 aromatic rings. The molecule has 2 rings (SSSR count). The molecular formula is C14H19N3O2S2. The standard InChI is InChI=1S/C14H19N3O2S2/c1-15-9-12-8-14(10-17(12)2)21(18,19)16-11-4-6-13(20-3)7-5-11/h4-8,10,15-16H,9H2,1-3H3. The Labute approximate surface area is 129 Å². The van der Waals surface area contributed by atoms with Crippen LogP contribution in [0.5, 0.6) is 0 Å². The lowest BCUT2D eigenvalue weighted by atomic mass is 10.3. The van der Waals surface area contributed by atoms with Crippen molar-refractivity contribution in [2.45, 2.75) is 16.3 Å². The zero-order valence-electron chi connectivity index (χ0n) is 12.3. The van der Waals surface area contributed by atoms with Gasteiger partial charge in [0.25, 0.3) is 10.0 Å². The topological polar surface area (TPSA) is 63.1 Å². The number of hydrogen-bond donors (Lipinski definition) is 2. The number of aryl methyl sites for hydroxylation is 1. The molecule has 0 spiro atoms. The number of sulfonamides is 1. The Morgan fingerprint density at radius 3 is 2.48 bits per heavy atom. The number of rotatable bonds is 6. The van der Waals surface area contributed by atoms with E-state index >= 15 is 0 Å². The number of anilines is 1. The van der Waals surface area contributed by atoms with E-state index in [1.165, 1.54) is 0 Å². The maximum atomic E-state index is 12.4. The zero-order valence-corrected chi connectivity index (χ0v) is 13.9. The maximum absolute atomic E-state index is 12.4. The van der Waals surface area contributed by atoms with Crippen LogP contribution in [-0.2, 0) is 23.6 Å². The summed E-state index contributed by atoms with van der Waals surface area (Å²) in [5.74, 6) is 0. The summed E-state index contributed by atoms with van der Waals surface area (Å²) in [6.07, 6.45) is 3.59. The van der Waals surface area contributed by atoms with Crippen LogP contribution in [0.15, 0.2) is 46.3 Å². The molecule has 114 valence electrons. The van der Waals surface area contributed by atoms with Gasteiger partial charge in [-0.05, 0) is 43.6 Å². The lowest BCUT2D eigenvalue weighted by Gasteiger charge is -2.06. The average Bonchev–Trinajstić information content (AvgIpc) is 2.82. The Morgan fingerprint density at radius 1 is 1.24 bits per heavy atom. The summed E-state index contributed by atoms with van der Waals surface area (Å²) in [4.78, 5) is 1.36. The van der Waals surface area contributed by atoms with Gasteiger partial charge < -0.3 is 9.88 Å². The van der Waals surface area contributed by atoms with Gasteiger partial charge in [0, 0.05) is 36.1 Å². The molecule has 1 aromatic carbocycles. The molecule has 1 heterocycles. The fraction of sp³-hybridized carbons (Fsp3) is 0.286. The number of aromatic nitrogens is 1. The highest BCUT2D eigenvalue weighted by molar-refractivity contribution is 7.98. The Balaban J connectivity index is 2.22. The third-order valence-corrected chi connectivity index (χ3v) is 5.19. The molecule has 0 aliphatic heterocycles. The summed E-state index contributed by atoms with van der Waals surface area (Å²) in [6.45, 7) is 0.619. The van der Waals surface area contributed by atoms with Gasteiger partial charge in [-0.1, -0.05) is 0 Å². The van der Waals surface area contributed by atoms with Crippen molar-refractivity contribution in [1.82, 2.24) is 9.88 Å². The van der Waals surface area contributed by atoms with Crippen LogP contribution in [-0.4, -0.2) is 26.3 Å². The molecule has 21 heavy (non-hydrogen) atoms. The molecule has 0 unspecified atom stereocenters. The van der Waals surface area contributed by atoms with E-state index < -0.39 is 10.0 Å².